The summed E-state index contributed by atoms with van der Waals surface area (Å²) < 4.78 is 9.10. The molecular formula is C5H6N2O3. The monoisotopic (exact) mass is 142 g/mol. The highest BCUT2D eigenvalue weighted by molar-refractivity contribution is 5.65. The van der Waals surface area contributed by atoms with Gasteiger partial charge in [-0.05, 0) is 0 Å². The fourth-order valence-electron chi connectivity index (χ4n) is 0.423. The maximum absolute atomic E-state index is 10.2. The number of rotatable bonds is 2. The van der Waals surface area contributed by atoms with E-state index in [1.165, 1.54) is 13.3 Å². The molecule has 0 amide bonds. The third kappa shape index (κ3) is 1.85. The molecule has 1 aromatic rings. The Morgan fingerprint density at radius 1 is 1.90 bits per heavy atom. The van der Waals surface area contributed by atoms with Gasteiger partial charge in [-0.15, -0.1) is 0 Å². The predicted molar refractivity (Wildman–Crippen MR) is 29.8 cm³/mol. The first-order chi connectivity index (χ1) is 4.79. The van der Waals surface area contributed by atoms with Crippen LogP contribution in [0.2, 0.25) is 0 Å². The Bertz CT molecular complexity index is 207. The quantitative estimate of drug-likeness (QED) is 0.549. The summed E-state index contributed by atoms with van der Waals surface area (Å²) in [6.07, 6.45) is 1.25. The normalized spacial score (nSPS) is 9.30. The molecule has 0 aliphatic carbocycles. The van der Waals surface area contributed by atoms with E-state index in [-0.39, 0.29) is 12.6 Å². The molecule has 5 heteroatoms. The lowest BCUT2D eigenvalue weighted by atomic mass is 10.7. The molecule has 10 heavy (non-hydrogen) atoms. The number of hydrogen-bond donors (Lipinski definition) is 0. The smallest absolute Gasteiger partial charge is 0.303 e. The van der Waals surface area contributed by atoms with Crippen LogP contribution in [0.5, 0.6) is 0 Å². The van der Waals surface area contributed by atoms with Gasteiger partial charge in [-0.3, -0.25) is 4.79 Å². The van der Waals surface area contributed by atoms with Gasteiger partial charge >= 0.3 is 5.97 Å². The molecule has 1 aromatic heterocycles. The van der Waals surface area contributed by atoms with E-state index in [0.717, 1.165) is 0 Å². The van der Waals surface area contributed by atoms with Gasteiger partial charge < -0.3 is 9.26 Å². The van der Waals surface area contributed by atoms with Gasteiger partial charge in [-0.1, -0.05) is 5.16 Å². The summed E-state index contributed by atoms with van der Waals surface area (Å²) in [6, 6.07) is 0. The molecule has 0 unspecified atom stereocenters. The van der Waals surface area contributed by atoms with Gasteiger partial charge in [-0.2, -0.15) is 4.98 Å². The molecule has 0 aromatic carbocycles. The summed E-state index contributed by atoms with van der Waals surface area (Å²) >= 11 is 0. The second kappa shape index (κ2) is 2.95. The highest BCUT2D eigenvalue weighted by Crippen LogP contribution is 1.93. The van der Waals surface area contributed by atoms with Crippen molar-refractivity contribution in [1.82, 2.24) is 10.1 Å². The fourth-order valence-corrected chi connectivity index (χ4v) is 0.423. The number of hydrogen-bond acceptors (Lipinski definition) is 5. The van der Waals surface area contributed by atoms with Crippen molar-refractivity contribution in [2.75, 3.05) is 0 Å². The van der Waals surface area contributed by atoms with Gasteiger partial charge in [0, 0.05) is 6.92 Å². The summed E-state index contributed by atoms with van der Waals surface area (Å²) in [5, 5.41) is 3.32. The highest BCUT2D eigenvalue weighted by atomic mass is 16.6. The van der Waals surface area contributed by atoms with Gasteiger partial charge in [0.1, 0.15) is 0 Å². The molecule has 0 spiro atoms. The molecule has 0 N–H and O–H groups in total. The standard InChI is InChI=1S/C5H6N2O3/c1-4(8)9-2-5-6-3-7-10-5/h3H,2H2,1H3. The fraction of sp³-hybridized carbons (Fsp3) is 0.400. The van der Waals surface area contributed by atoms with Crippen LogP contribution in [0.4, 0.5) is 0 Å². The van der Waals surface area contributed by atoms with Crippen LogP contribution in [0, 0.1) is 0 Å². The number of nitrogens with zero attached hydrogens (tertiary/aromatic N) is 2. The minimum Gasteiger partial charge on any atom is -0.456 e. The molecule has 0 atom stereocenters. The molecule has 0 bridgehead atoms. The van der Waals surface area contributed by atoms with Crippen molar-refractivity contribution in [3.05, 3.63) is 12.2 Å². The minimum atomic E-state index is -0.363. The molecule has 1 heterocycles. The minimum absolute atomic E-state index is 0.0509. The van der Waals surface area contributed by atoms with Crippen LogP contribution >= 0.6 is 0 Å². The van der Waals surface area contributed by atoms with E-state index in [0.29, 0.717) is 5.89 Å². The van der Waals surface area contributed by atoms with Crippen molar-refractivity contribution >= 4 is 5.97 Å². The summed E-state index contributed by atoms with van der Waals surface area (Å²) in [5.74, 6) is -0.0617. The van der Waals surface area contributed by atoms with Gasteiger partial charge in [-0.25, -0.2) is 0 Å². The van der Waals surface area contributed by atoms with E-state index in [9.17, 15) is 4.79 Å². The van der Waals surface area contributed by atoms with Crippen molar-refractivity contribution in [2.24, 2.45) is 0 Å². The maximum Gasteiger partial charge on any atom is 0.303 e. The lowest BCUT2D eigenvalue weighted by Crippen LogP contribution is -1.98. The first-order valence-electron chi connectivity index (χ1n) is 2.68. The summed E-state index contributed by atoms with van der Waals surface area (Å²) in [4.78, 5) is 13.9. The molecule has 0 aliphatic rings. The van der Waals surface area contributed by atoms with Crippen molar-refractivity contribution in [3.8, 4) is 0 Å². The van der Waals surface area contributed by atoms with Crippen molar-refractivity contribution in [2.45, 2.75) is 13.5 Å². The Morgan fingerprint density at radius 2 is 2.70 bits per heavy atom. The third-order valence-electron chi connectivity index (χ3n) is 0.806. The van der Waals surface area contributed by atoms with Crippen molar-refractivity contribution in [1.29, 1.82) is 0 Å². The van der Waals surface area contributed by atoms with Crippen LogP contribution in [-0.4, -0.2) is 16.1 Å². The molecule has 0 radical (unpaired) electrons. The Hall–Kier alpha value is -1.39. The second-order valence-corrected chi connectivity index (χ2v) is 1.62. The molecule has 0 fully saturated rings. The Kier molecular flexibility index (Phi) is 1.99. The Balaban J connectivity index is 2.35. The zero-order valence-electron chi connectivity index (χ0n) is 5.40. The molecule has 1 rings (SSSR count). The lowest BCUT2D eigenvalue weighted by molar-refractivity contribution is -0.143. The van der Waals surface area contributed by atoms with E-state index in [2.05, 4.69) is 19.4 Å². The van der Waals surface area contributed by atoms with E-state index in [1.807, 2.05) is 0 Å². The Labute approximate surface area is 57.0 Å². The molecular weight excluding hydrogens is 136 g/mol. The number of aromatic nitrogens is 2. The van der Waals surface area contributed by atoms with Gasteiger partial charge in [0.05, 0.1) is 0 Å². The molecule has 0 saturated heterocycles. The predicted octanol–water partition coefficient (Wildman–Crippen LogP) is 0.133. The summed E-state index contributed by atoms with van der Waals surface area (Å²) in [7, 11) is 0. The third-order valence-corrected chi connectivity index (χ3v) is 0.806. The molecule has 54 valence electrons. The average Bonchev–Trinajstić information content (AvgIpc) is 2.34. The van der Waals surface area contributed by atoms with Crippen molar-refractivity contribution < 1.29 is 14.1 Å². The maximum atomic E-state index is 10.2. The van der Waals surface area contributed by atoms with Crippen LogP contribution in [0.1, 0.15) is 12.8 Å². The second-order valence-electron chi connectivity index (χ2n) is 1.62. The largest absolute Gasteiger partial charge is 0.456 e. The first kappa shape index (κ1) is 6.73. The highest BCUT2D eigenvalue weighted by Gasteiger charge is 1.99. The zero-order chi connectivity index (χ0) is 7.40. The molecule has 5 nitrogen and oxygen atoms in total. The average molecular weight is 142 g/mol. The number of esters is 1. The summed E-state index contributed by atoms with van der Waals surface area (Å²) in [6.45, 7) is 1.37. The molecule has 0 saturated carbocycles. The Morgan fingerprint density at radius 3 is 3.20 bits per heavy atom. The van der Waals surface area contributed by atoms with Crippen molar-refractivity contribution in [3.63, 3.8) is 0 Å². The van der Waals surface area contributed by atoms with Crippen LogP contribution < -0.4 is 0 Å². The van der Waals surface area contributed by atoms with Gasteiger partial charge in [0.25, 0.3) is 5.89 Å². The van der Waals surface area contributed by atoms with E-state index in [4.69, 9.17) is 0 Å². The van der Waals surface area contributed by atoms with Gasteiger partial charge in [0.15, 0.2) is 12.9 Å². The van der Waals surface area contributed by atoms with E-state index in [1.54, 1.807) is 0 Å². The number of carbonyl (C=O) groups excluding carboxylic acids is 1. The SMILES string of the molecule is CC(=O)OCc1ncno1. The lowest BCUT2D eigenvalue weighted by Gasteiger charge is -1.93. The van der Waals surface area contributed by atoms with Crippen LogP contribution in [0.15, 0.2) is 10.9 Å². The van der Waals surface area contributed by atoms with Crippen LogP contribution in [-0.2, 0) is 16.1 Å². The van der Waals surface area contributed by atoms with E-state index < -0.39 is 0 Å². The number of ether oxygens (including phenoxy) is 1. The zero-order valence-corrected chi connectivity index (χ0v) is 5.40. The topological polar surface area (TPSA) is 65.2 Å². The molecule has 0 aliphatic heterocycles. The van der Waals surface area contributed by atoms with E-state index >= 15 is 0 Å². The van der Waals surface area contributed by atoms with Crippen LogP contribution in [0.25, 0.3) is 0 Å². The summed E-state index contributed by atoms with van der Waals surface area (Å²) in [5.41, 5.74) is 0. The van der Waals surface area contributed by atoms with Crippen LogP contribution in [0.3, 0.4) is 0 Å². The van der Waals surface area contributed by atoms with Gasteiger partial charge in [0.2, 0.25) is 0 Å². The first-order valence-corrected chi connectivity index (χ1v) is 2.68. The number of carbonyl (C=O) groups is 1.